The lowest BCUT2D eigenvalue weighted by molar-refractivity contribution is 0.0960. The fraction of sp³-hybridized carbons (Fsp3) is 0.0714. The molecule has 0 saturated carbocycles. The summed E-state index contributed by atoms with van der Waals surface area (Å²) >= 11 is 0. The van der Waals surface area contributed by atoms with Gasteiger partial charge in [-0.15, -0.1) is 0 Å². The third-order valence-electron chi connectivity index (χ3n) is 2.58. The molecule has 2 aromatic carbocycles. The molecule has 2 aromatic rings. The van der Waals surface area contributed by atoms with Crippen LogP contribution in [0.1, 0.15) is 10.4 Å². The molecule has 1 amide bonds. The Morgan fingerprint density at radius 1 is 1.06 bits per heavy atom. The first-order valence-electron chi connectivity index (χ1n) is 5.33. The second kappa shape index (κ2) is 4.70. The Kier molecular flexibility index (Phi) is 3.10. The van der Waals surface area contributed by atoms with Crippen LogP contribution in [0.25, 0.3) is 11.1 Å². The number of nitrogens with one attached hydrogen (secondary N) is 1. The number of carbonyl (C=O) groups excluding carboxylic acids is 1. The first-order valence-corrected chi connectivity index (χ1v) is 5.33. The second-order valence-electron chi connectivity index (χ2n) is 3.68. The quantitative estimate of drug-likeness (QED) is 0.827. The lowest BCUT2D eigenvalue weighted by Crippen LogP contribution is -2.17. The highest BCUT2D eigenvalue weighted by Gasteiger charge is 2.10. The molecule has 0 saturated heterocycles. The van der Waals surface area contributed by atoms with Crippen LogP contribution in [0.3, 0.4) is 0 Å². The molecule has 0 aliphatic carbocycles. The third-order valence-corrected chi connectivity index (χ3v) is 2.58. The Balaban J connectivity index is 2.48. The Labute approximate surface area is 99.7 Å². The molecule has 0 aliphatic rings. The molecule has 0 aliphatic heterocycles. The summed E-state index contributed by atoms with van der Waals surface area (Å²) in [6.45, 7) is 0. The van der Waals surface area contributed by atoms with Gasteiger partial charge < -0.3 is 10.4 Å². The monoisotopic (exact) mass is 227 g/mol. The highest BCUT2D eigenvalue weighted by molar-refractivity contribution is 5.97. The first kappa shape index (κ1) is 11.2. The molecule has 17 heavy (non-hydrogen) atoms. The molecule has 0 heterocycles. The summed E-state index contributed by atoms with van der Waals surface area (Å²) in [6, 6.07) is 14.7. The third kappa shape index (κ3) is 2.28. The van der Waals surface area contributed by atoms with Gasteiger partial charge >= 0.3 is 0 Å². The molecule has 0 spiro atoms. The molecule has 0 fully saturated rings. The number of hydrogen-bond donors (Lipinski definition) is 2. The van der Waals surface area contributed by atoms with Gasteiger partial charge in [0.25, 0.3) is 5.91 Å². The zero-order valence-electron chi connectivity index (χ0n) is 9.47. The van der Waals surface area contributed by atoms with E-state index in [1.807, 2.05) is 30.3 Å². The summed E-state index contributed by atoms with van der Waals surface area (Å²) in [5.74, 6) is -0.302. The molecular formula is C14H13NO2. The van der Waals surface area contributed by atoms with Crippen LogP contribution in [-0.4, -0.2) is 18.1 Å². The van der Waals surface area contributed by atoms with Gasteiger partial charge in [0, 0.05) is 7.05 Å². The molecule has 3 heteroatoms. The summed E-state index contributed by atoms with van der Waals surface area (Å²) in [4.78, 5) is 11.5. The standard InChI is InChI=1S/C14H13NO2/c1-15-14(17)12-9-11(7-8-13(12)16)10-5-3-2-4-6-10/h2-9,16H,1H3,(H,15,17). The fourth-order valence-electron chi connectivity index (χ4n) is 1.66. The van der Waals surface area contributed by atoms with E-state index in [4.69, 9.17) is 0 Å². The van der Waals surface area contributed by atoms with Crippen molar-refractivity contribution in [1.82, 2.24) is 5.32 Å². The average Bonchev–Trinajstić information content (AvgIpc) is 2.39. The van der Waals surface area contributed by atoms with Crippen molar-refractivity contribution in [2.24, 2.45) is 0 Å². The van der Waals surface area contributed by atoms with Crippen LogP contribution in [0.2, 0.25) is 0 Å². The lowest BCUT2D eigenvalue weighted by atomic mass is 10.0. The smallest absolute Gasteiger partial charge is 0.254 e. The van der Waals surface area contributed by atoms with Gasteiger partial charge in [-0.2, -0.15) is 0 Å². The van der Waals surface area contributed by atoms with Crippen molar-refractivity contribution in [2.75, 3.05) is 7.05 Å². The van der Waals surface area contributed by atoms with Crippen molar-refractivity contribution in [1.29, 1.82) is 0 Å². The van der Waals surface area contributed by atoms with E-state index in [2.05, 4.69) is 5.32 Å². The van der Waals surface area contributed by atoms with Gasteiger partial charge in [-0.25, -0.2) is 0 Å². The van der Waals surface area contributed by atoms with Crippen molar-refractivity contribution in [2.45, 2.75) is 0 Å². The van der Waals surface area contributed by atoms with Crippen LogP contribution in [0.5, 0.6) is 5.75 Å². The number of hydrogen-bond acceptors (Lipinski definition) is 2. The molecular weight excluding hydrogens is 214 g/mol. The Morgan fingerprint density at radius 3 is 2.41 bits per heavy atom. The van der Waals surface area contributed by atoms with Crippen molar-refractivity contribution in [3.05, 3.63) is 54.1 Å². The summed E-state index contributed by atoms with van der Waals surface area (Å²) in [5.41, 5.74) is 2.20. The van der Waals surface area contributed by atoms with E-state index >= 15 is 0 Å². The van der Waals surface area contributed by atoms with Crippen LogP contribution in [0.15, 0.2) is 48.5 Å². The zero-order valence-corrected chi connectivity index (χ0v) is 9.47. The minimum Gasteiger partial charge on any atom is -0.507 e. The number of amides is 1. The van der Waals surface area contributed by atoms with E-state index < -0.39 is 0 Å². The van der Waals surface area contributed by atoms with Gasteiger partial charge in [-0.3, -0.25) is 4.79 Å². The molecule has 0 radical (unpaired) electrons. The molecule has 86 valence electrons. The van der Waals surface area contributed by atoms with Crippen LogP contribution in [0, 0.1) is 0 Å². The van der Waals surface area contributed by atoms with Gasteiger partial charge in [-0.1, -0.05) is 36.4 Å². The molecule has 0 aromatic heterocycles. The lowest BCUT2D eigenvalue weighted by Gasteiger charge is -2.06. The van der Waals surface area contributed by atoms with E-state index in [-0.39, 0.29) is 17.2 Å². The van der Waals surface area contributed by atoms with Crippen LogP contribution in [-0.2, 0) is 0 Å². The topological polar surface area (TPSA) is 49.3 Å². The highest BCUT2D eigenvalue weighted by Crippen LogP contribution is 2.25. The largest absolute Gasteiger partial charge is 0.507 e. The first-order chi connectivity index (χ1) is 8.22. The van der Waals surface area contributed by atoms with Gasteiger partial charge in [0.05, 0.1) is 5.56 Å². The number of phenolic OH excluding ortho intramolecular Hbond substituents is 1. The molecule has 3 nitrogen and oxygen atoms in total. The maximum absolute atomic E-state index is 11.5. The number of benzene rings is 2. The SMILES string of the molecule is CNC(=O)c1cc(-c2ccccc2)ccc1O. The maximum atomic E-state index is 11.5. The van der Waals surface area contributed by atoms with Gasteiger partial charge in [-0.05, 0) is 23.3 Å². The van der Waals surface area contributed by atoms with E-state index in [0.717, 1.165) is 11.1 Å². The Bertz CT molecular complexity index is 535. The number of carbonyl (C=O) groups is 1. The fourth-order valence-corrected chi connectivity index (χ4v) is 1.66. The predicted molar refractivity (Wildman–Crippen MR) is 66.9 cm³/mol. The van der Waals surface area contributed by atoms with Crippen LogP contribution in [0.4, 0.5) is 0 Å². The van der Waals surface area contributed by atoms with E-state index in [1.165, 1.54) is 13.1 Å². The summed E-state index contributed by atoms with van der Waals surface area (Å²) < 4.78 is 0. The van der Waals surface area contributed by atoms with E-state index in [0.29, 0.717) is 0 Å². The van der Waals surface area contributed by atoms with Gasteiger partial charge in [0.15, 0.2) is 0 Å². The maximum Gasteiger partial charge on any atom is 0.254 e. The Morgan fingerprint density at radius 2 is 1.76 bits per heavy atom. The van der Waals surface area contributed by atoms with Crippen molar-refractivity contribution in [3.63, 3.8) is 0 Å². The van der Waals surface area contributed by atoms with Crippen molar-refractivity contribution < 1.29 is 9.90 Å². The highest BCUT2D eigenvalue weighted by atomic mass is 16.3. The van der Waals surface area contributed by atoms with Crippen molar-refractivity contribution >= 4 is 5.91 Å². The Hall–Kier alpha value is -2.29. The number of phenols is 1. The van der Waals surface area contributed by atoms with E-state index in [9.17, 15) is 9.90 Å². The van der Waals surface area contributed by atoms with Crippen molar-refractivity contribution in [3.8, 4) is 16.9 Å². The minimum atomic E-state index is -0.291. The summed E-state index contributed by atoms with van der Waals surface area (Å²) in [7, 11) is 1.54. The molecule has 0 atom stereocenters. The molecule has 0 bridgehead atoms. The van der Waals surface area contributed by atoms with Gasteiger partial charge in [0.2, 0.25) is 0 Å². The van der Waals surface area contributed by atoms with Crippen LogP contribution < -0.4 is 5.32 Å². The van der Waals surface area contributed by atoms with Crippen LogP contribution >= 0.6 is 0 Å². The van der Waals surface area contributed by atoms with Gasteiger partial charge in [0.1, 0.15) is 5.75 Å². The van der Waals surface area contributed by atoms with E-state index in [1.54, 1.807) is 12.1 Å². The predicted octanol–water partition coefficient (Wildman–Crippen LogP) is 2.42. The summed E-state index contributed by atoms with van der Waals surface area (Å²) in [5, 5.41) is 12.1. The normalized spacial score (nSPS) is 9.94. The number of aromatic hydroxyl groups is 1. The average molecular weight is 227 g/mol. The molecule has 0 unspecified atom stereocenters. The summed E-state index contributed by atoms with van der Waals surface area (Å²) in [6.07, 6.45) is 0. The minimum absolute atomic E-state index is 0.0102. The molecule has 2 rings (SSSR count). The number of rotatable bonds is 2. The molecule has 2 N–H and O–H groups in total. The second-order valence-corrected chi connectivity index (χ2v) is 3.68. The zero-order chi connectivity index (χ0) is 12.3.